The molecule has 164 valence electrons. The van der Waals surface area contributed by atoms with Gasteiger partial charge in [-0.25, -0.2) is 0 Å². The summed E-state index contributed by atoms with van der Waals surface area (Å²) in [6.45, 7) is 5.64. The molecule has 1 heterocycles. The minimum Gasteiger partial charge on any atom is -0.494 e. The van der Waals surface area contributed by atoms with E-state index in [-0.39, 0.29) is 27.3 Å². The largest absolute Gasteiger partial charge is 0.494 e. The van der Waals surface area contributed by atoms with Crippen LogP contribution in [0.25, 0.3) is 0 Å². The average molecular weight is 482 g/mol. The zero-order valence-electron chi connectivity index (χ0n) is 17.4. The van der Waals surface area contributed by atoms with Gasteiger partial charge < -0.3 is 10.1 Å². The summed E-state index contributed by atoms with van der Waals surface area (Å²) >= 11 is 16.1. The molecular weight excluding hydrogens is 459 g/mol. The monoisotopic (exact) mass is 481 g/mol. The van der Waals surface area contributed by atoms with Crippen LogP contribution in [0, 0.1) is 0 Å². The molecule has 1 aliphatic heterocycles. The van der Waals surface area contributed by atoms with Crippen LogP contribution in [0.2, 0.25) is 10.0 Å². The van der Waals surface area contributed by atoms with Gasteiger partial charge in [0.1, 0.15) is 24.2 Å². The molecule has 0 fully saturated rings. The molecule has 3 rings (SSSR count). The smallest absolute Gasteiger partial charge is 0.270 e. The Bertz CT molecular complexity index is 1070. The van der Waals surface area contributed by atoms with Crippen LogP contribution in [-0.2, 0) is 14.5 Å². The predicted octanol–water partition coefficient (Wildman–Crippen LogP) is 5.78. The maximum Gasteiger partial charge on any atom is 0.270 e. The number of nitrogens with zero attached hydrogens (tertiary/aromatic N) is 1. The third-order valence-electron chi connectivity index (χ3n) is 5.14. The van der Waals surface area contributed by atoms with Gasteiger partial charge in [-0.1, -0.05) is 23.2 Å². The second kappa shape index (κ2) is 9.51. The summed E-state index contributed by atoms with van der Waals surface area (Å²) < 4.78 is 12.3. The number of hydrogen-bond acceptors (Lipinski definition) is 5. The Morgan fingerprint density at radius 2 is 2.00 bits per heavy atom. The van der Waals surface area contributed by atoms with E-state index in [0.29, 0.717) is 30.9 Å². The molecule has 0 aromatic heterocycles. The van der Waals surface area contributed by atoms with E-state index < -0.39 is 5.41 Å². The minimum atomic E-state index is -0.582. The molecule has 0 aliphatic carbocycles. The van der Waals surface area contributed by atoms with Crippen LogP contribution >= 0.6 is 36.1 Å². The highest BCUT2D eigenvalue weighted by atomic mass is 35.5. The highest BCUT2D eigenvalue weighted by Crippen LogP contribution is 2.39. The molecule has 31 heavy (non-hydrogen) atoms. The molecule has 1 N–H and O–H groups in total. The van der Waals surface area contributed by atoms with E-state index in [1.54, 1.807) is 18.3 Å². The lowest BCUT2D eigenvalue weighted by Crippen LogP contribution is -2.26. The maximum absolute atomic E-state index is 12.1. The summed E-state index contributed by atoms with van der Waals surface area (Å²) in [7, 11) is 0. The minimum absolute atomic E-state index is 0.0201. The van der Waals surface area contributed by atoms with E-state index in [1.807, 2.05) is 32.0 Å². The molecule has 0 radical (unpaired) electrons. The Morgan fingerprint density at radius 3 is 2.68 bits per heavy atom. The van der Waals surface area contributed by atoms with Crippen molar-refractivity contribution in [3.05, 3.63) is 51.5 Å². The van der Waals surface area contributed by atoms with Crippen molar-refractivity contribution in [3.63, 3.8) is 0 Å². The first-order valence-electron chi connectivity index (χ1n) is 9.68. The summed E-state index contributed by atoms with van der Waals surface area (Å²) in [4.78, 5) is 24.1. The van der Waals surface area contributed by atoms with Crippen molar-refractivity contribution in [2.45, 2.75) is 39.0 Å². The Labute approximate surface area is 196 Å². The summed E-state index contributed by atoms with van der Waals surface area (Å²) in [6, 6.07) is 8.83. The topological polar surface area (TPSA) is 67.6 Å². The van der Waals surface area contributed by atoms with Crippen molar-refractivity contribution < 1.29 is 23.3 Å². The fourth-order valence-electron chi connectivity index (χ4n) is 3.36. The number of ketones is 1. The molecule has 0 atom stereocenters. The number of benzene rings is 2. The average Bonchev–Trinajstić information content (AvgIpc) is 2.95. The van der Waals surface area contributed by atoms with Gasteiger partial charge >= 0.3 is 0 Å². The summed E-state index contributed by atoms with van der Waals surface area (Å²) in [5, 5.41) is 3.34. The SMILES string of the molecule is CC(=O)c1c([N+](=CCCCOc2ccc3c(c2)C(C)(C)C(=O)N3)OS)ccc(Cl)c1Cl. The Balaban J connectivity index is 1.64. The van der Waals surface area contributed by atoms with Crippen LogP contribution in [0.4, 0.5) is 11.4 Å². The molecule has 6 nitrogen and oxygen atoms in total. The lowest BCUT2D eigenvalue weighted by molar-refractivity contribution is -0.672. The van der Waals surface area contributed by atoms with Gasteiger partial charge in [-0.2, -0.15) is 4.28 Å². The molecule has 0 unspecified atom stereocenters. The van der Waals surface area contributed by atoms with Gasteiger partial charge in [0.15, 0.2) is 5.78 Å². The van der Waals surface area contributed by atoms with E-state index in [1.165, 1.54) is 11.7 Å². The molecule has 0 saturated carbocycles. The van der Waals surface area contributed by atoms with Crippen LogP contribution in [0.3, 0.4) is 0 Å². The predicted molar refractivity (Wildman–Crippen MR) is 125 cm³/mol. The Morgan fingerprint density at radius 1 is 1.26 bits per heavy atom. The first kappa shape index (κ1) is 23.4. The highest BCUT2D eigenvalue weighted by Gasteiger charge is 2.38. The number of nitrogens with one attached hydrogen (secondary N) is 1. The third-order valence-corrected chi connectivity index (χ3v) is 6.12. The van der Waals surface area contributed by atoms with Crippen molar-refractivity contribution >= 4 is 65.4 Å². The molecule has 9 heteroatoms. The molecule has 2 aromatic rings. The van der Waals surface area contributed by atoms with E-state index >= 15 is 0 Å². The molecule has 2 aromatic carbocycles. The maximum atomic E-state index is 12.1. The number of carbonyl (C=O) groups is 2. The zero-order valence-corrected chi connectivity index (χ0v) is 19.8. The van der Waals surface area contributed by atoms with E-state index in [2.05, 4.69) is 18.2 Å². The first-order chi connectivity index (χ1) is 14.7. The van der Waals surface area contributed by atoms with Gasteiger partial charge in [0.05, 0.1) is 22.1 Å². The lowest BCUT2D eigenvalue weighted by atomic mass is 9.86. The van der Waals surface area contributed by atoms with Crippen molar-refractivity contribution in [2.75, 3.05) is 11.9 Å². The standard InChI is InChI=1S/C22H22Cl2N2O4S/c1-13(27)19-18(9-7-16(23)20(19)24)26(30-31)10-4-5-11-29-14-6-8-17-15(12-14)22(2,3)21(28)25-17/h6-10,12H,4-5,11H2,1-3H3,(H-,25,28,31)/p+1. The molecular formula is C22H23Cl2N2O4S+. The molecule has 1 amide bonds. The number of anilines is 1. The van der Waals surface area contributed by atoms with E-state index in [4.69, 9.17) is 32.2 Å². The number of carbonyl (C=O) groups excluding carboxylic acids is 2. The number of hydrogen-bond donors (Lipinski definition) is 2. The van der Waals surface area contributed by atoms with Gasteiger partial charge in [0.25, 0.3) is 5.69 Å². The quantitative estimate of drug-likeness (QED) is 0.0953. The second-order valence-corrected chi connectivity index (χ2v) is 8.63. The third kappa shape index (κ3) is 4.84. The number of Topliss-reactive ketones (excluding diaryl/α,β-unsaturated/α-hetero) is 1. The summed E-state index contributed by atoms with van der Waals surface area (Å²) in [5.74, 6) is 0.449. The molecule has 0 spiro atoms. The number of rotatable bonds is 8. The van der Waals surface area contributed by atoms with Crippen LogP contribution in [0.15, 0.2) is 30.3 Å². The van der Waals surface area contributed by atoms with Crippen LogP contribution in [0.5, 0.6) is 5.75 Å². The Hall–Kier alpha value is -2.22. The van der Waals surface area contributed by atoms with Crippen LogP contribution < -0.4 is 10.1 Å². The number of thiol groups is 1. The highest BCUT2D eigenvalue weighted by molar-refractivity contribution is 7.74. The molecule has 1 aliphatic rings. The van der Waals surface area contributed by atoms with Gasteiger partial charge in [0, 0.05) is 22.9 Å². The van der Waals surface area contributed by atoms with Crippen molar-refractivity contribution in [2.24, 2.45) is 0 Å². The fourth-order valence-corrected chi connectivity index (χ4v) is 3.96. The normalized spacial score (nSPS) is 14.8. The Kier molecular flexibility index (Phi) is 7.19. The number of amides is 1. The van der Waals surface area contributed by atoms with Gasteiger partial charge in [0.2, 0.25) is 12.1 Å². The fraction of sp³-hybridized carbons (Fsp3) is 0.318. The summed E-state index contributed by atoms with van der Waals surface area (Å²) in [6.07, 6.45) is 3.02. The lowest BCUT2D eigenvalue weighted by Gasteiger charge is -2.16. The van der Waals surface area contributed by atoms with Crippen LogP contribution in [-0.4, -0.2) is 29.3 Å². The zero-order chi connectivity index (χ0) is 22.8. The van der Waals surface area contributed by atoms with Gasteiger partial charge in [-0.05, 0) is 57.0 Å². The van der Waals surface area contributed by atoms with Crippen molar-refractivity contribution in [1.82, 2.24) is 0 Å². The second-order valence-electron chi connectivity index (χ2n) is 7.68. The number of unbranched alkanes of at least 4 members (excludes halogenated alkanes) is 1. The van der Waals surface area contributed by atoms with E-state index in [0.717, 1.165) is 11.3 Å². The summed E-state index contributed by atoms with van der Waals surface area (Å²) in [5.41, 5.74) is 1.88. The number of ether oxygens (including phenoxy) is 1. The van der Waals surface area contributed by atoms with Crippen molar-refractivity contribution in [1.29, 1.82) is 0 Å². The first-order valence-corrected chi connectivity index (χ1v) is 10.8. The number of fused-ring (bicyclic) bond motifs is 1. The van der Waals surface area contributed by atoms with Gasteiger partial charge in [-0.15, -0.1) is 0 Å². The van der Waals surface area contributed by atoms with Gasteiger partial charge in [-0.3, -0.25) is 9.59 Å². The van der Waals surface area contributed by atoms with E-state index in [9.17, 15) is 9.59 Å². The number of halogens is 2. The molecule has 0 saturated heterocycles. The molecule has 0 bridgehead atoms. The van der Waals surface area contributed by atoms with Crippen molar-refractivity contribution in [3.8, 4) is 5.75 Å². The van der Waals surface area contributed by atoms with Crippen LogP contribution in [0.1, 0.15) is 49.5 Å².